The minimum atomic E-state index is -0.443. The molecule has 28 heavy (non-hydrogen) atoms. The first-order valence-electron chi connectivity index (χ1n) is 9.26. The van der Waals surface area contributed by atoms with Crippen LogP contribution < -0.4 is 5.32 Å². The van der Waals surface area contributed by atoms with Crippen LogP contribution in [0.3, 0.4) is 0 Å². The van der Waals surface area contributed by atoms with E-state index in [4.69, 9.17) is 0 Å². The molecule has 146 valence electrons. The molecule has 1 aliphatic heterocycles. The summed E-state index contributed by atoms with van der Waals surface area (Å²) in [5.74, 6) is 1.34. The number of para-hydroxylation sites is 1. The first-order chi connectivity index (χ1) is 13.6. The zero-order valence-electron chi connectivity index (χ0n) is 15.6. The van der Waals surface area contributed by atoms with Crippen LogP contribution in [0.5, 0.6) is 0 Å². The summed E-state index contributed by atoms with van der Waals surface area (Å²) >= 11 is 0. The fourth-order valence-electron chi connectivity index (χ4n) is 3.54. The van der Waals surface area contributed by atoms with Gasteiger partial charge in [-0.2, -0.15) is 0 Å². The highest BCUT2D eigenvalue weighted by atomic mass is 19.1. The van der Waals surface area contributed by atoms with Crippen molar-refractivity contribution in [2.24, 2.45) is 7.05 Å². The highest BCUT2D eigenvalue weighted by Gasteiger charge is 2.28. The second-order valence-electron chi connectivity index (χ2n) is 6.96. The minimum absolute atomic E-state index is 0.0918. The van der Waals surface area contributed by atoms with Gasteiger partial charge in [-0.15, -0.1) is 10.2 Å². The first-order valence-corrected chi connectivity index (χ1v) is 9.26. The van der Waals surface area contributed by atoms with Crippen molar-refractivity contribution >= 4 is 11.7 Å². The van der Waals surface area contributed by atoms with Crippen LogP contribution in [0.25, 0.3) is 0 Å². The summed E-state index contributed by atoms with van der Waals surface area (Å²) in [6.45, 7) is 1.75. The molecule has 1 fully saturated rings. The fourth-order valence-corrected chi connectivity index (χ4v) is 3.54. The number of likely N-dealkylation sites (tertiary alicyclic amines) is 1. The Balaban J connectivity index is 1.44. The largest absolute Gasteiger partial charge is 0.330 e. The maximum atomic E-state index is 13.8. The standard InChI is InChI=1S/C19H22FN7O/c1-25-17(12-26-10-8-21-13-26)23-24-18(25)14-5-4-9-27(11-14)19(28)22-16-7-3-2-6-15(16)20/h2-3,6-8,10,13-14H,4-5,9,11-12H2,1H3,(H,22,28)/t14-/m0/s1. The molecule has 3 heterocycles. The third-order valence-electron chi connectivity index (χ3n) is 5.07. The first kappa shape index (κ1) is 18.1. The Bertz CT molecular complexity index is 953. The Labute approximate surface area is 162 Å². The normalized spacial score (nSPS) is 16.9. The highest BCUT2D eigenvalue weighted by molar-refractivity contribution is 5.89. The summed E-state index contributed by atoms with van der Waals surface area (Å²) in [6.07, 6.45) is 7.14. The molecule has 0 unspecified atom stereocenters. The molecule has 0 spiro atoms. The van der Waals surface area contributed by atoms with E-state index in [-0.39, 0.29) is 17.6 Å². The quantitative estimate of drug-likeness (QED) is 0.751. The molecular formula is C19H22FN7O. The van der Waals surface area contributed by atoms with Crippen LogP contribution in [0.15, 0.2) is 43.0 Å². The molecule has 4 rings (SSSR count). The molecule has 3 aromatic rings. The number of piperidine rings is 1. The molecule has 2 amide bonds. The predicted octanol–water partition coefficient (Wildman–Crippen LogP) is 2.61. The van der Waals surface area contributed by atoms with Crippen LogP contribution in [-0.2, 0) is 13.6 Å². The van der Waals surface area contributed by atoms with Crippen molar-refractivity contribution in [2.45, 2.75) is 25.3 Å². The van der Waals surface area contributed by atoms with E-state index >= 15 is 0 Å². The summed E-state index contributed by atoms with van der Waals surface area (Å²) in [4.78, 5) is 18.3. The summed E-state index contributed by atoms with van der Waals surface area (Å²) in [5.41, 5.74) is 0.191. The third kappa shape index (κ3) is 3.73. The number of carbonyl (C=O) groups excluding carboxylic acids is 1. The van der Waals surface area contributed by atoms with Gasteiger partial charge in [0.2, 0.25) is 0 Å². The highest BCUT2D eigenvalue weighted by Crippen LogP contribution is 2.26. The summed E-state index contributed by atoms with van der Waals surface area (Å²) in [7, 11) is 1.94. The van der Waals surface area contributed by atoms with E-state index in [1.807, 2.05) is 22.4 Å². The SMILES string of the molecule is Cn1c(Cn2ccnc2)nnc1[C@H]1CCCN(C(=O)Nc2ccccc2F)C1. The van der Waals surface area contributed by atoms with Gasteiger partial charge < -0.3 is 19.4 Å². The summed E-state index contributed by atoms with van der Waals surface area (Å²) in [6, 6.07) is 5.88. The number of carbonyl (C=O) groups is 1. The second kappa shape index (κ2) is 7.79. The van der Waals surface area contributed by atoms with Gasteiger partial charge in [-0.25, -0.2) is 14.2 Å². The van der Waals surface area contributed by atoms with Crippen molar-refractivity contribution in [1.82, 2.24) is 29.2 Å². The van der Waals surface area contributed by atoms with E-state index in [1.54, 1.807) is 35.6 Å². The van der Waals surface area contributed by atoms with Crippen LogP contribution in [0.2, 0.25) is 0 Å². The molecule has 2 aromatic heterocycles. The molecule has 0 radical (unpaired) electrons. The Morgan fingerprint density at radius 2 is 2.18 bits per heavy atom. The maximum Gasteiger partial charge on any atom is 0.321 e. The Hall–Kier alpha value is -3.23. The lowest BCUT2D eigenvalue weighted by Crippen LogP contribution is -2.42. The molecule has 1 saturated heterocycles. The van der Waals surface area contributed by atoms with Crippen LogP contribution in [0.4, 0.5) is 14.9 Å². The van der Waals surface area contributed by atoms with E-state index in [2.05, 4.69) is 20.5 Å². The zero-order valence-corrected chi connectivity index (χ0v) is 15.6. The third-order valence-corrected chi connectivity index (χ3v) is 5.07. The monoisotopic (exact) mass is 383 g/mol. The van der Waals surface area contributed by atoms with Gasteiger partial charge in [0.15, 0.2) is 5.82 Å². The number of nitrogens with zero attached hydrogens (tertiary/aromatic N) is 6. The van der Waals surface area contributed by atoms with Gasteiger partial charge in [-0.1, -0.05) is 12.1 Å². The van der Waals surface area contributed by atoms with Gasteiger partial charge >= 0.3 is 6.03 Å². The molecule has 0 bridgehead atoms. The second-order valence-corrected chi connectivity index (χ2v) is 6.96. The van der Waals surface area contributed by atoms with E-state index < -0.39 is 5.82 Å². The van der Waals surface area contributed by atoms with Crippen molar-refractivity contribution < 1.29 is 9.18 Å². The number of rotatable bonds is 4. The number of hydrogen-bond acceptors (Lipinski definition) is 4. The molecule has 1 aromatic carbocycles. The number of benzene rings is 1. The van der Waals surface area contributed by atoms with Gasteiger partial charge in [-0.05, 0) is 25.0 Å². The number of aromatic nitrogens is 5. The van der Waals surface area contributed by atoms with Crippen molar-refractivity contribution in [3.05, 3.63) is 60.5 Å². The minimum Gasteiger partial charge on any atom is -0.330 e. The van der Waals surface area contributed by atoms with Crippen LogP contribution in [-0.4, -0.2) is 48.3 Å². The van der Waals surface area contributed by atoms with Gasteiger partial charge in [0, 0.05) is 38.4 Å². The van der Waals surface area contributed by atoms with Crippen LogP contribution >= 0.6 is 0 Å². The molecule has 8 nitrogen and oxygen atoms in total. The van der Waals surface area contributed by atoms with E-state index in [1.165, 1.54) is 6.07 Å². The lowest BCUT2D eigenvalue weighted by molar-refractivity contribution is 0.190. The van der Waals surface area contributed by atoms with E-state index in [0.29, 0.717) is 19.6 Å². The van der Waals surface area contributed by atoms with Gasteiger partial charge in [-0.3, -0.25) is 0 Å². The Kier molecular flexibility index (Phi) is 5.05. The van der Waals surface area contributed by atoms with Crippen molar-refractivity contribution in [3.63, 3.8) is 0 Å². The summed E-state index contributed by atoms with van der Waals surface area (Å²) < 4.78 is 17.7. The Morgan fingerprint density at radius 3 is 2.96 bits per heavy atom. The number of hydrogen-bond donors (Lipinski definition) is 1. The number of halogens is 1. The maximum absolute atomic E-state index is 13.8. The lowest BCUT2D eigenvalue weighted by atomic mass is 9.97. The van der Waals surface area contributed by atoms with Crippen molar-refractivity contribution in [2.75, 3.05) is 18.4 Å². The van der Waals surface area contributed by atoms with E-state index in [0.717, 1.165) is 24.5 Å². The smallest absolute Gasteiger partial charge is 0.321 e. The molecule has 0 aliphatic carbocycles. The van der Waals surface area contributed by atoms with Crippen LogP contribution in [0.1, 0.15) is 30.4 Å². The number of anilines is 1. The molecule has 1 atom stereocenters. The summed E-state index contributed by atoms with van der Waals surface area (Å²) in [5, 5.41) is 11.3. The average Bonchev–Trinajstić information content (AvgIpc) is 3.34. The van der Waals surface area contributed by atoms with Gasteiger partial charge in [0.05, 0.1) is 18.6 Å². The molecular weight excluding hydrogens is 361 g/mol. The van der Waals surface area contributed by atoms with Gasteiger partial charge in [0.1, 0.15) is 11.6 Å². The van der Waals surface area contributed by atoms with Crippen LogP contribution in [0, 0.1) is 5.82 Å². The van der Waals surface area contributed by atoms with Crippen molar-refractivity contribution in [3.8, 4) is 0 Å². The lowest BCUT2D eigenvalue weighted by Gasteiger charge is -2.32. The fraction of sp³-hybridized carbons (Fsp3) is 0.368. The molecule has 1 aliphatic rings. The number of amides is 2. The van der Waals surface area contributed by atoms with E-state index in [9.17, 15) is 9.18 Å². The van der Waals surface area contributed by atoms with Crippen molar-refractivity contribution in [1.29, 1.82) is 0 Å². The number of urea groups is 1. The molecule has 0 saturated carbocycles. The van der Waals surface area contributed by atoms with Gasteiger partial charge in [0.25, 0.3) is 0 Å². The molecule has 1 N–H and O–H groups in total. The zero-order chi connectivity index (χ0) is 19.5. The number of imidazole rings is 1. The molecule has 9 heteroatoms. The topological polar surface area (TPSA) is 80.9 Å². The average molecular weight is 383 g/mol. The predicted molar refractivity (Wildman–Crippen MR) is 101 cm³/mol. The number of nitrogens with one attached hydrogen (secondary N) is 1. The Morgan fingerprint density at radius 1 is 1.32 bits per heavy atom.